The third-order valence-corrected chi connectivity index (χ3v) is 5.55. The molecule has 1 aromatic rings. The van der Waals surface area contributed by atoms with Gasteiger partial charge in [-0.3, -0.25) is 9.69 Å². The molecule has 24 heavy (non-hydrogen) atoms. The number of carbonyl (C=O) groups excluding carboxylic acids is 1. The fourth-order valence-corrected chi connectivity index (χ4v) is 4.45. The van der Waals surface area contributed by atoms with E-state index in [2.05, 4.69) is 5.32 Å². The predicted molar refractivity (Wildman–Crippen MR) is 93.7 cm³/mol. The van der Waals surface area contributed by atoms with Crippen LogP contribution in [0.2, 0.25) is 0 Å². The first-order valence-corrected chi connectivity index (χ1v) is 10.00. The summed E-state index contributed by atoms with van der Waals surface area (Å²) in [5.41, 5.74) is 1.02. The molecule has 1 N–H and O–H groups in total. The highest BCUT2D eigenvalue weighted by Gasteiger charge is 2.29. The highest BCUT2D eigenvalue weighted by molar-refractivity contribution is 7.91. The standard InChI is InChI=1S/C17H26N2O4S/c1-13(2)23-16-7-5-4-6-14(16)10-19(3)11-17(20)18-15-8-9-24(21,22)12-15/h4-7,13,15H,8-12H2,1-3H3,(H,18,20). The summed E-state index contributed by atoms with van der Waals surface area (Å²) >= 11 is 0. The number of benzene rings is 1. The maximum Gasteiger partial charge on any atom is 0.234 e. The van der Waals surface area contributed by atoms with Gasteiger partial charge in [-0.05, 0) is 33.4 Å². The Balaban J connectivity index is 1.87. The Morgan fingerprint density at radius 3 is 2.71 bits per heavy atom. The van der Waals surface area contributed by atoms with Crippen LogP contribution in [0.1, 0.15) is 25.8 Å². The van der Waals surface area contributed by atoms with Crippen molar-refractivity contribution in [3.63, 3.8) is 0 Å². The molecule has 0 radical (unpaired) electrons. The zero-order valence-electron chi connectivity index (χ0n) is 14.5. The lowest BCUT2D eigenvalue weighted by atomic mass is 10.2. The molecular weight excluding hydrogens is 328 g/mol. The normalized spacial score (nSPS) is 19.6. The minimum absolute atomic E-state index is 0.0491. The average molecular weight is 354 g/mol. The lowest BCUT2D eigenvalue weighted by molar-refractivity contribution is -0.122. The minimum Gasteiger partial charge on any atom is -0.491 e. The van der Waals surface area contributed by atoms with E-state index in [1.807, 2.05) is 50.1 Å². The Morgan fingerprint density at radius 1 is 1.38 bits per heavy atom. The van der Waals surface area contributed by atoms with Gasteiger partial charge in [-0.2, -0.15) is 0 Å². The van der Waals surface area contributed by atoms with Crippen LogP contribution < -0.4 is 10.1 Å². The number of ether oxygens (including phenoxy) is 1. The molecule has 1 unspecified atom stereocenters. The molecule has 0 spiro atoms. The van der Waals surface area contributed by atoms with Gasteiger partial charge in [0.1, 0.15) is 5.75 Å². The summed E-state index contributed by atoms with van der Waals surface area (Å²) in [6, 6.07) is 7.52. The van der Waals surface area contributed by atoms with E-state index in [1.165, 1.54) is 0 Å². The molecule has 1 fully saturated rings. The fraction of sp³-hybridized carbons (Fsp3) is 0.588. The summed E-state index contributed by atoms with van der Waals surface area (Å²) < 4.78 is 28.7. The number of sulfone groups is 1. The van der Waals surface area contributed by atoms with Crippen LogP contribution >= 0.6 is 0 Å². The SMILES string of the molecule is CC(C)Oc1ccccc1CN(C)CC(=O)NC1CCS(=O)(=O)C1. The molecule has 0 aliphatic carbocycles. The number of likely N-dealkylation sites (N-methyl/N-ethyl adjacent to an activating group) is 1. The van der Waals surface area contributed by atoms with Gasteiger partial charge in [0.2, 0.25) is 5.91 Å². The molecule has 1 amide bonds. The Bertz CT molecular complexity index is 673. The molecule has 1 aliphatic heterocycles. The number of nitrogens with zero attached hydrogens (tertiary/aromatic N) is 1. The summed E-state index contributed by atoms with van der Waals surface area (Å²) in [7, 11) is -1.12. The van der Waals surface area contributed by atoms with Gasteiger partial charge < -0.3 is 10.1 Å². The van der Waals surface area contributed by atoms with Crippen molar-refractivity contribution in [2.24, 2.45) is 0 Å². The monoisotopic (exact) mass is 354 g/mol. The van der Waals surface area contributed by atoms with Crippen molar-refractivity contribution in [3.8, 4) is 5.75 Å². The quantitative estimate of drug-likeness (QED) is 0.796. The molecule has 7 heteroatoms. The van der Waals surface area contributed by atoms with E-state index in [4.69, 9.17) is 4.74 Å². The van der Waals surface area contributed by atoms with Gasteiger partial charge >= 0.3 is 0 Å². The number of hydrogen-bond donors (Lipinski definition) is 1. The Hall–Kier alpha value is -1.60. The first-order valence-electron chi connectivity index (χ1n) is 8.18. The molecule has 0 bridgehead atoms. The molecule has 6 nitrogen and oxygen atoms in total. The molecule has 1 heterocycles. The summed E-state index contributed by atoms with van der Waals surface area (Å²) in [6.45, 7) is 4.75. The molecule has 1 atom stereocenters. The molecule has 1 aliphatic rings. The second kappa shape index (κ2) is 7.98. The Labute approximate surface area is 144 Å². The maximum atomic E-state index is 12.1. The number of rotatable bonds is 7. The number of carbonyl (C=O) groups is 1. The lowest BCUT2D eigenvalue weighted by Crippen LogP contribution is -2.41. The van der Waals surface area contributed by atoms with E-state index in [1.54, 1.807) is 0 Å². The number of hydrogen-bond acceptors (Lipinski definition) is 5. The fourth-order valence-electron chi connectivity index (χ4n) is 2.78. The largest absolute Gasteiger partial charge is 0.491 e. The molecular formula is C17H26N2O4S. The van der Waals surface area contributed by atoms with Gasteiger partial charge in [0.05, 0.1) is 24.2 Å². The molecule has 0 aromatic heterocycles. The van der Waals surface area contributed by atoms with Gasteiger partial charge in [0, 0.05) is 18.2 Å². The third-order valence-electron chi connectivity index (χ3n) is 3.79. The second-order valence-corrected chi connectivity index (χ2v) is 8.84. The maximum absolute atomic E-state index is 12.1. The molecule has 134 valence electrons. The second-order valence-electron chi connectivity index (χ2n) is 6.61. The van der Waals surface area contributed by atoms with Crippen molar-refractivity contribution in [1.29, 1.82) is 0 Å². The van der Waals surface area contributed by atoms with Crippen LogP contribution in [0.25, 0.3) is 0 Å². The molecule has 1 aromatic carbocycles. The smallest absolute Gasteiger partial charge is 0.234 e. The van der Waals surface area contributed by atoms with Gasteiger partial charge in [-0.15, -0.1) is 0 Å². The van der Waals surface area contributed by atoms with Crippen molar-refractivity contribution in [2.45, 2.75) is 39.0 Å². The Morgan fingerprint density at radius 2 is 2.08 bits per heavy atom. The first kappa shape index (κ1) is 18.7. The van der Waals surface area contributed by atoms with E-state index < -0.39 is 9.84 Å². The number of para-hydroxylation sites is 1. The van der Waals surface area contributed by atoms with E-state index in [0.717, 1.165) is 11.3 Å². The van der Waals surface area contributed by atoms with Crippen molar-refractivity contribution in [1.82, 2.24) is 10.2 Å². The zero-order chi connectivity index (χ0) is 17.7. The zero-order valence-corrected chi connectivity index (χ0v) is 15.3. The van der Waals surface area contributed by atoms with E-state index in [0.29, 0.717) is 13.0 Å². The highest BCUT2D eigenvalue weighted by atomic mass is 32.2. The van der Waals surface area contributed by atoms with Crippen LogP contribution in [-0.4, -0.2) is 56.5 Å². The summed E-state index contributed by atoms with van der Waals surface area (Å²) in [5.74, 6) is 0.879. The molecule has 1 saturated heterocycles. The van der Waals surface area contributed by atoms with E-state index in [-0.39, 0.29) is 36.1 Å². The first-order chi connectivity index (χ1) is 11.2. The van der Waals surface area contributed by atoms with Crippen LogP contribution in [0, 0.1) is 0 Å². The van der Waals surface area contributed by atoms with Gasteiger partial charge in [-0.1, -0.05) is 18.2 Å². The van der Waals surface area contributed by atoms with Crippen LogP contribution in [0.4, 0.5) is 0 Å². The van der Waals surface area contributed by atoms with Crippen LogP contribution in [0.15, 0.2) is 24.3 Å². The van der Waals surface area contributed by atoms with Crippen LogP contribution in [0.3, 0.4) is 0 Å². The summed E-state index contributed by atoms with van der Waals surface area (Å²) in [5, 5.41) is 2.81. The lowest BCUT2D eigenvalue weighted by Gasteiger charge is -2.20. The van der Waals surface area contributed by atoms with Crippen molar-refractivity contribution in [2.75, 3.05) is 25.1 Å². The van der Waals surface area contributed by atoms with Gasteiger partial charge in [-0.25, -0.2) is 8.42 Å². The number of nitrogens with one attached hydrogen (secondary N) is 1. The van der Waals surface area contributed by atoms with Crippen molar-refractivity contribution >= 4 is 15.7 Å². The molecule has 2 rings (SSSR count). The van der Waals surface area contributed by atoms with Gasteiger partial charge in [0.25, 0.3) is 0 Å². The topological polar surface area (TPSA) is 75.7 Å². The van der Waals surface area contributed by atoms with Crippen molar-refractivity contribution < 1.29 is 17.9 Å². The minimum atomic E-state index is -2.98. The van der Waals surface area contributed by atoms with Crippen LogP contribution in [0.5, 0.6) is 5.75 Å². The third kappa shape index (κ3) is 5.79. The Kier molecular flexibility index (Phi) is 6.23. The average Bonchev–Trinajstić information content (AvgIpc) is 2.79. The van der Waals surface area contributed by atoms with Crippen LogP contribution in [-0.2, 0) is 21.2 Å². The predicted octanol–water partition coefficient (Wildman–Crippen LogP) is 1.21. The van der Waals surface area contributed by atoms with E-state index >= 15 is 0 Å². The molecule has 0 saturated carbocycles. The summed E-state index contributed by atoms with van der Waals surface area (Å²) in [6.07, 6.45) is 0.590. The van der Waals surface area contributed by atoms with E-state index in [9.17, 15) is 13.2 Å². The van der Waals surface area contributed by atoms with Gasteiger partial charge in [0.15, 0.2) is 9.84 Å². The summed E-state index contributed by atoms with van der Waals surface area (Å²) in [4.78, 5) is 14.0. The highest BCUT2D eigenvalue weighted by Crippen LogP contribution is 2.20. The number of amides is 1. The van der Waals surface area contributed by atoms with Crippen molar-refractivity contribution in [3.05, 3.63) is 29.8 Å².